The van der Waals surface area contributed by atoms with Gasteiger partial charge in [-0.1, -0.05) is 13.0 Å². The highest BCUT2D eigenvalue weighted by molar-refractivity contribution is 5.77. The van der Waals surface area contributed by atoms with Crippen LogP contribution in [0.25, 0.3) is 0 Å². The summed E-state index contributed by atoms with van der Waals surface area (Å²) in [5.74, 6) is 0.118. The average Bonchev–Trinajstić information content (AvgIpc) is 3.29. The first-order valence-corrected chi connectivity index (χ1v) is 7.57. The summed E-state index contributed by atoms with van der Waals surface area (Å²) in [5.41, 5.74) is 0.867. The number of carbonyl (C=O) groups is 1. The third kappa shape index (κ3) is 5.71. The summed E-state index contributed by atoms with van der Waals surface area (Å²) < 4.78 is 19.1. The van der Waals surface area contributed by atoms with Crippen molar-refractivity contribution < 1.29 is 13.9 Å². The van der Waals surface area contributed by atoms with Gasteiger partial charge in [0, 0.05) is 13.1 Å². The first kappa shape index (κ1) is 15.8. The van der Waals surface area contributed by atoms with E-state index in [1.807, 2.05) is 6.07 Å². The zero-order valence-electron chi connectivity index (χ0n) is 12.5. The Balaban J connectivity index is 1.75. The molecule has 0 aromatic heterocycles. The number of carbonyl (C=O) groups excluding carboxylic acids is 1. The maximum Gasteiger partial charge on any atom is 0.257 e. The highest BCUT2D eigenvalue weighted by Gasteiger charge is 2.21. The van der Waals surface area contributed by atoms with Crippen LogP contribution in [-0.2, 0) is 11.3 Å². The van der Waals surface area contributed by atoms with Crippen LogP contribution in [0.5, 0.6) is 5.75 Å². The van der Waals surface area contributed by atoms with Crippen molar-refractivity contribution in [1.29, 1.82) is 0 Å². The van der Waals surface area contributed by atoms with Gasteiger partial charge in [0.1, 0.15) is 0 Å². The van der Waals surface area contributed by atoms with Crippen molar-refractivity contribution in [3.63, 3.8) is 0 Å². The van der Waals surface area contributed by atoms with E-state index in [1.54, 1.807) is 6.07 Å². The van der Waals surface area contributed by atoms with E-state index < -0.39 is 5.82 Å². The van der Waals surface area contributed by atoms with Crippen molar-refractivity contribution in [2.45, 2.75) is 32.7 Å². The van der Waals surface area contributed by atoms with Crippen LogP contribution in [0, 0.1) is 11.7 Å². The third-order valence-electron chi connectivity index (χ3n) is 3.40. The van der Waals surface area contributed by atoms with Gasteiger partial charge >= 0.3 is 0 Å². The van der Waals surface area contributed by atoms with Crippen molar-refractivity contribution in [2.75, 3.05) is 19.7 Å². The van der Waals surface area contributed by atoms with E-state index in [0.29, 0.717) is 19.0 Å². The quantitative estimate of drug-likeness (QED) is 0.687. The van der Waals surface area contributed by atoms with E-state index in [-0.39, 0.29) is 18.3 Å². The standard InChI is InChI=1S/C16H23FN2O2/c1-2-7-18-9-13-5-6-15(14(17)8-13)21-11-16(20)19-10-12-3-4-12/h5-6,8,12,18H,2-4,7,9-11H2,1H3,(H,19,20). The lowest BCUT2D eigenvalue weighted by molar-refractivity contribution is -0.123. The first-order valence-electron chi connectivity index (χ1n) is 7.57. The van der Waals surface area contributed by atoms with Crippen molar-refractivity contribution in [3.05, 3.63) is 29.6 Å². The molecule has 0 saturated heterocycles. The highest BCUT2D eigenvalue weighted by atomic mass is 19.1. The topological polar surface area (TPSA) is 50.4 Å². The Hall–Kier alpha value is -1.62. The number of rotatable bonds is 9. The second-order valence-corrected chi connectivity index (χ2v) is 5.48. The molecule has 1 aliphatic carbocycles. The number of nitrogens with one attached hydrogen (secondary N) is 2. The van der Waals surface area contributed by atoms with Crippen molar-refractivity contribution in [2.24, 2.45) is 5.92 Å². The van der Waals surface area contributed by atoms with E-state index in [1.165, 1.54) is 18.9 Å². The molecular weight excluding hydrogens is 271 g/mol. The molecule has 1 aliphatic rings. The Morgan fingerprint density at radius 1 is 1.43 bits per heavy atom. The first-order chi connectivity index (χ1) is 10.2. The van der Waals surface area contributed by atoms with Gasteiger partial charge in [0.05, 0.1) is 0 Å². The number of amides is 1. The van der Waals surface area contributed by atoms with Gasteiger partial charge in [-0.3, -0.25) is 4.79 Å². The van der Waals surface area contributed by atoms with Crippen molar-refractivity contribution in [3.8, 4) is 5.75 Å². The molecule has 5 heteroatoms. The van der Waals surface area contributed by atoms with Crippen LogP contribution >= 0.6 is 0 Å². The van der Waals surface area contributed by atoms with E-state index in [2.05, 4.69) is 17.6 Å². The van der Waals surface area contributed by atoms with Gasteiger partial charge in [-0.25, -0.2) is 4.39 Å². The Labute approximate surface area is 125 Å². The second kappa shape index (κ2) is 7.98. The fourth-order valence-corrected chi connectivity index (χ4v) is 1.96. The molecule has 0 aliphatic heterocycles. The Morgan fingerprint density at radius 3 is 2.90 bits per heavy atom. The molecule has 2 N–H and O–H groups in total. The summed E-state index contributed by atoms with van der Waals surface area (Å²) in [7, 11) is 0. The molecular formula is C16H23FN2O2. The number of hydrogen-bond acceptors (Lipinski definition) is 3. The van der Waals surface area contributed by atoms with Crippen LogP contribution in [0.4, 0.5) is 4.39 Å². The van der Waals surface area contributed by atoms with Crippen molar-refractivity contribution in [1.82, 2.24) is 10.6 Å². The van der Waals surface area contributed by atoms with Gasteiger partial charge in [-0.2, -0.15) is 0 Å². The normalized spacial score (nSPS) is 14.0. The molecule has 0 radical (unpaired) electrons. The zero-order valence-corrected chi connectivity index (χ0v) is 12.5. The second-order valence-electron chi connectivity index (χ2n) is 5.48. The molecule has 1 fully saturated rings. The maximum atomic E-state index is 13.8. The summed E-state index contributed by atoms with van der Waals surface area (Å²) in [6.45, 7) is 4.18. The summed E-state index contributed by atoms with van der Waals surface area (Å²) in [6, 6.07) is 4.83. The molecule has 0 bridgehead atoms. The largest absolute Gasteiger partial charge is 0.481 e. The highest BCUT2D eigenvalue weighted by Crippen LogP contribution is 2.27. The molecule has 0 heterocycles. The van der Waals surface area contributed by atoms with Crippen LogP contribution in [0.1, 0.15) is 31.7 Å². The molecule has 1 aromatic carbocycles. The third-order valence-corrected chi connectivity index (χ3v) is 3.40. The van der Waals surface area contributed by atoms with Crippen LogP contribution in [-0.4, -0.2) is 25.6 Å². The Morgan fingerprint density at radius 2 is 2.24 bits per heavy atom. The Bertz CT molecular complexity index is 475. The smallest absolute Gasteiger partial charge is 0.257 e. The number of halogens is 1. The molecule has 2 rings (SSSR count). The molecule has 0 spiro atoms. The lowest BCUT2D eigenvalue weighted by atomic mass is 10.2. The fraction of sp³-hybridized carbons (Fsp3) is 0.562. The van der Waals surface area contributed by atoms with Gasteiger partial charge in [0.2, 0.25) is 0 Å². The predicted octanol–water partition coefficient (Wildman–Crippen LogP) is 2.23. The van der Waals surface area contributed by atoms with Gasteiger partial charge in [-0.15, -0.1) is 0 Å². The van der Waals surface area contributed by atoms with Gasteiger partial charge in [0.15, 0.2) is 18.2 Å². The van der Waals surface area contributed by atoms with Gasteiger partial charge in [-0.05, 0) is 49.4 Å². The molecule has 1 saturated carbocycles. The molecule has 0 atom stereocenters. The lowest BCUT2D eigenvalue weighted by Gasteiger charge is -2.09. The number of hydrogen-bond donors (Lipinski definition) is 2. The van der Waals surface area contributed by atoms with E-state index in [4.69, 9.17) is 4.74 Å². The fourth-order valence-electron chi connectivity index (χ4n) is 1.96. The average molecular weight is 294 g/mol. The molecule has 0 unspecified atom stereocenters. The monoisotopic (exact) mass is 294 g/mol. The molecule has 4 nitrogen and oxygen atoms in total. The van der Waals surface area contributed by atoms with E-state index >= 15 is 0 Å². The minimum Gasteiger partial charge on any atom is -0.481 e. The summed E-state index contributed by atoms with van der Waals surface area (Å²) >= 11 is 0. The minimum absolute atomic E-state index is 0.121. The van der Waals surface area contributed by atoms with Crippen LogP contribution in [0.2, 0.25) is 0 Å². The Kier molecular flexibility index (Phi) is 5.99. The summed E-state index contributed by atoms with van der Waals surface area (Å²) in [5, 5.41) is 5.99. The zero-order chi connectivity index (χ0) is 15.1. The molecule has 1 aromatic rings. The van der Waals surface area contributed by atoms with Crippen LogP contribution < -0.4 is 15.4 Å². The van der Waals surface area contributed by atoms with Crippen LogP contribution in [0.15, 0.2) is 18.2 Å². The predicted molar refractivity (Wildman–Crippen MR) is 79.6 cm³/mol. The van der Waals surface area contributed by atoms with Crippen molar-refractivity contribution >= 4 is 5.91 Å². The van der Waals surface area contributed by atoms with E-state index in [9.17, 15) is 9.18 Å². The number of benzene rings is 1. The number of ether oxygens (including phenoxy) is 1. The molecule has 21 heavy (non-hydrogen) atoms. The summed E-state index contributed by atoms with van der Waals surface area (Å²) in [6.07, 6.45) is 3.41. The molecule has 1 amide bonds. The van der Waals surface area contributed by atoms with Gasteiger partial charge < -0.3 is 15.4 Å². The maximum absolute atomic E-state index is 13.8. The van der Waals surface area contributed by atoms with Crippen LogP contribution in [0.3, 0.4) is 0 Å². The SMILES string of the molecule is CCCNCc1ccc(OCC(=O)NCC2CC2)c(F)c1. The minimum atomic E-state index is -0.430. The summed E-state index contributed by atoms with van der Waals surface area (Å²) in [4.78, 5) is 11.5. The van der Waals surface area contributed by atoms with Gasteiger partial charge in [0.25, 0.3) is 5.91 Å². The molecule has 116 valence electrons. The lowest BCUT2D eigenvalue weighted by Crippen LogP contribution is -2.30. The van der Waals surface area contributed by atoms with E-state index in [0.717, 1.165) is 18.5 Å².